The number of nitrogens with zero attached hydrogens (tertiary/aromatic N) is 4. The Balaban J connectivity index is 1.47. The Kier molecular flexibility index (Phi) is 5.96. The van der Waals surface area contributed by atoms with E-state index < -0.39 is 0 Å². The molecule has 1 N–H and O–H groups in total. The molecule has 0 aliphatic carbocycles. The molecule has 3 heterocycles. The second-order valence-corrected chi connectivity index (χ2v) is 6.71. The fourth-order valence-electron chi connectivity index (χ4n) is 3.59. The van der Waals surface area contributed by atoms with Crippen molar-refractivity contribution in [3.63, 3.8) is 0 Å². The van der Waals surface area contributed by atoms with Crippen LogP contribution in [0.3, 0.4) is 0 Å². The van der Waals surface area contributed by atoms with E-state index in [0.29, 0.717) is 6.54 Å². The molecule has 0 spiro atoms. The fraction of sp³-hybridized carbons (Fsp3) is 0.667. The van der Waals surface area contributed by atoms with Crippen LogP contribution in [-0.4, -0.2) is 78.9 Å². The molecule has 1 aromatic rings. The first-order chi connectivity index (χ1) is 12.2. The maximum atomic E-state index is 12.6. The molecule has 1 unspecified atom stereocenters. The predicted octanol–water partition coefficient (Wildman–Crippen LogP) is 0.984. The second-order valence-electron chi connectivity index (χ2n) is 6.71. The van der Waals surface area contributed by atoms with E-state index >= 15 is 0 Å². The Morgan fingerprint density at radius 1 is 1.20 bits per heavy atom. The van der Waals surface area contributed by atoms with Crippen molar-refractivity contribution in [1.29, 1.82) is 0 Å². The monoisotopic (exact) mass is 347 g/mol. The van der Waals surface area contributed by atoms with Crippen molar-refractivity contribution in [1.82, 2.24) is 20.0 Å². The number of carbonyl (C=O) groups excluding carboxylic acids is 1. The van der Waals surface area contributed by atoms with Gasteiger partial charge in [-0.1, -0.05) is 0 Å². The van der Waals surface area contributed by atoms with Crippen LogP contribution in [0.25, 0.3) is 0 Å². The summed E-state index contributed by atoms with van der Waals surface area (Å²) in [7, 11) is 1.80. The molecule has 0 bridgehead atoms. The minimum Gasteiger partial charge on any atom is -0.467 e. The first-order valence-electron chi connectivity index (χ1n) is 9.20. The summed E-state index contributed by atoms with van der Waals surface area (Å²) in [6.07, 6.45) is 3.96. The number of aliphatic imine (C=N–C) groups is 1. The second kappa shape index (κ2) is 8.38. The Hall–Kier alpha value is -2.02. The Morgan fingerprint density at radius 2 is 1.92 bits per heavy atom. The van der Waals surface area contributed by atoms with Gasteiger partial charge < -0.3 is 19.5 Å². The van der Waals surface area contributed by atoms with E-state index in [1.54, 1.807) is 13.3 Å². The van der Waals surface area contributed by atoms with E-state index in [1.165, 1.54) is 0 Å². The van der Waals surface area contributed by atoms with Crippen LogP contribution in [-0.2, 0) is 11.3 Å². The summed E-state index contributed by atoms with van der Waals surface area (Å²) in [6, 6.07) is 3.81. The van der Waals surface area contributed by atoms with Crippen molar-refractivity contribution >= 4 is 11.9 Å². The van der Waals surface area contributed by atoms with Crippen LogP contribution in [0.1, 0.15) is 25.5 Å². The van der Waals surface area contributed by atoms with Crippen LogP contribution in [0, 0.1) is 0 Å². The molecule has 7 nitrogen and oxygen atoms in total. The number of amides is 1. The van der Waals surface area contributed by atoms with Gasteiger partial charge >= 0.3 is 0 Å². The van der Waals surface area contributed by atoms with E-state index in [9.17, 15) is 4.79 Å². The molecule has 3 rings (SSSR count). The van der Waals surface area contributed by atoms with Gasteiger partial charge in [-0.2, -0.15) is 0 Å². The van der Waals surface area contributed by atoms with Crippen molar-refractivity contribution < 1.29 is 9.21 Å². The SMILES string of the molecule is CN=C(NCc1ccco1)N1CCN(C(C)C(=O)N2CCCC2)CC1. The molecular weight excluding hydrogens is 318 g/mol. The Morgan fingerprint density at radius 3 is 2.52 bits per heavy atom. The third-order valence-corrected chi connectivity index (χ3v) is 5.15. The van der Waals surface area contributed by atoms with Gasteiger partial charge in [0.15, 0.2) is 5.96 Å². The minimum absolute atomic E-state index is 0.0293. The number of rotatable bonds is 4. The highest BCUT2D eigenvalue weighted by Gasteiger charge is 2.30. The van der Waals surface area contributed by atoms with Crippen LogP contribution < -0.4 is 5.32 Å². The molecule has 0 saturated carbocycles. The zero-order valence-electron chi connectivity index (χ0n) is 15.3. The fourth-order valence-corrected chi connectivity index (χ4v) is 3.59. The van der Waals surface area contributed by atoms with Crippen LogP contribution >= 0.6 is 0 Å². The van der Waals surface area contributed by atoms with Crippen molar-refractivity contribution in [3.05, 3.63) is 24.2 Å². The lowest BCUT2D eigenvalue weighted by molar-refractivity contribution is -0.135. The van der Waals surface area contributed by atoms with E-state index in [4.69, 9.17) is 4.42 Å². The lowest BCUT2D eigenvalue weighted by atomic mass is 10.2. The first kappa shape index (κ1) is 17.8. The molecule has 25 heavy (non-hydrogen) atoms. The molecule has 2 saturated heterocycles. The van der Waals surface area contributed by atoms with Gasteiger partial charge in [0.1, 0.15) is 5.76 Å². The van der Waals surface area contributed by atoms with E-state index in [-0.39, 0.29) is 11.9 Å². The summed E-state index contributed by atoms with van der Waals surface area (Å²) in [6.45, 7) is 8.01. The average Bonchev–Trinajstić information content (AvgIpc) is 3.35. The van der Waals surface area contributed by atoms with E-state index in [1.807, 2.05) is 24.0 Å². The molecule has 1 atom stereocenters. The number of piperazine rings is 1. The number of hydrogen-bond acceptors (Lipinski definition) is 4. The number of likely N-dealkylation sites (tertiary alicyclic amines) is 1. The number of furan rings is 1. The predicted molar refractivity (Wildman–Crippen MR) is 97.3 cm³/mol. The van der Waals surface area contributed by atoms with Gasteiger partial charge in [0.05, 0.1) is 18.8 Å². The quantitative estimate of drug-likeness (QED) is 0.650. The summed E-state index contributed by atoms with van der Waals surface area (Å²) in [5.41, 5.74) is 0. The van der Waals surface area contributed by atoms with Crippen LogP contribution in [0.4, 0.5) is 0 Å². The maximum Gasteiger partial charge on any atom is 0.239 e. The summed E-state index contributed by atoms with van der Waals surface area (Å²) in [5.74, 6) is 2.06. The topological polar surface area (TPSA) is 64.3 Å². The molecular formula is C18H29N5O2. The van der Waals surface area contributed by atoms with Crippen molar-refractivity contribution in [3.8, 4) is 0 Å². The van der Waals surface area contributed by atoms with Crippen LogP contribution in [0.5, 0.6) is 0 Å². The maximum absolute atomic E-state index is 12.6. The number of nitrogens with one attached hydrogen (secondary N) is 1. The van der Waals surface area contributed by atoms with Crippen molar-refractivity contribution in [2.75, 3.05) is 46.3 Å². The lowest BCUT2D eigenvalue weighted by Crippen LogP contribution is -2.57. The zero-order chi connectivity index (χ0) is 17.6. The molecule has 2 aliphatic heterocycles. The molecule has 0 radical (unpaired) electrons. The Labute approximate surface area is 149 Å². The standard InChI is InChI=1S/C18H29N5O2/c1-15(17(24)22-7-3-4-8-22)21-9-11-23(12-10-21)18(19-2)20-14-16-6-5-13-25-16/h5-6,13,15H,3-4,7-12,14H2,1-2H3,(H,19,20). The minimum atomic E-state index is -0.0293. The highest BCUT2D eigenvalue weighted by atomic mass is 16.3. The zero-order valence-corrected chi connectivity index (χ0v) is 15.3. The van der Waals surface area contributed by atoms with Gasteiger partial charge in [-0.15, -0.1) is 0 Å². The van der Waals surface area contributed by atoms with Gasteiger partial charge in [0, 0.05) is 46.3 Å². The van der Waals surface area contributed by atoms with E-state index in [0.717, 1.165) is 63.8 Å². The summed E-state index contributed by atoms with van der Waals surface area (Å²) in [4.78, 5) is 23.5. The van der Waals surface area contributed by atoms with Gasteiger partial charge in [-0.05, 0) is 31.9 Å². The normalized spacial score (nSPS) is 20.8. The van der Waals surface area contributed by atoms with Crippen LogP contribution in [0.15, 0.2) is 27.8 Å². The number of carbonyl (C=O) groups is 1. The third-order valence-electron chi connectivity index (χ3n) is 5.15. The molecule has 1 aromatic heterocycles. The smallest absolute Gasteiger partial charge is 0.239 e. The van der Waals surface area contributed by atoms with Gasteiger partial charge in [0.25, 0.3) is 0 Å². The molecule has 2 fully saturated rings. The Bertz CT molecular complexity index is 572. The number of guanidine groups is 1. The number of hydrogen-bond donors (Lipinski definition) is 1. The third kappa shape index (κ3) is 4.34. The van der Waals surface area contributed by atoms with Crippen LogP contribution in [0.2, 0.25) is 0 Å². The highest BCUT2D eigenvalue weighted by Crippen LogP contribution is 2.14. The largest absolute Gasteiger partial charge is 0.467 e. The average molecular weight is 347 g/mol. The summed E-state index contributed by atoms with van der Waals surface area (Å²) in [5, 5.41) is 3.34. The molecule has 1 amide bonds. The lowest BCUT2D eigenvalue weighted by Gasteiger charge is -2.39. The van der Waals surface area contributed by atoms with Crippen molar-refractivity contribution in [2.45, 2.75) is 32.4 Å². The summed E-state index contributed by atoms with van der Waals surface area (Å²) < 4.78 is 5.35. The van der Waals surface area contributed by atoms with Gasteiger partial charge in [-0.3, -0.25) is 14.7 Å². The van der Waals surface area contributed by atoms with Gasteiger partial charge in [0.2, 0.25) is 5.91 Å². The van der Waals surface area contributed by atoms with Crippen molar-refractivity contribution in [2.24, 2.45) is 4.99 Å². The van der Waals surface area contributed by atoms with E-state index in [2.05, 4.69) is 20.1 Å². The first-order valence-corrected chi connectivity index (χ1v) is 9.20. The summed E-state index contributed by atoms with van der Waals surface area (Å²) >= 11 is 0. The molecule has 0 aromatic carbocycles. The van der Waals surface area contributed by atoms with Gasteiger partial charge in [-0.25, -0.2) is 0 Å². The highest BCUT2D eigenvalue weighted by molar-refractivity contribution is 5.82. The molecule has 2 aliphatic rings. The molecule has 138 valence electrons. The molecule has 7 heteroatoms.